The number of halogens is 1. The van der Waals surface area contributed by atoms with E-state index in [1.807, 2.05) is 42.9 Å². The van der Waals surface area contributed by atoms with E-state index < -0.39 is 0 Å². The van der Waals surface area contributed by atoms with Gasteiger partial charge in [0, 0.05) is 17.5 Å². The second-order valence-corrected chi connectivity index (χ2v) is 5.85. The number of hydrogen-bond acceptors (Lipinski definition) is 2. The summed E-state index contributed by atoms with van der Waals surface area (Å²) in [6.07, 6.45) is 1.94. The van der Waals surface area contributed by atoms with E-state index in [0.29, 0.717) is 27.5 Å². The topological polar surface area (TPSA) is 40.8 Å². The maximum absolute atomic E-state index is 14.7. The third-order valence-corrected chi connectivity index (χ3v) is 4.35. The molecule has 2 heterocycles. The lowest BCUT2D eigenvalue weighted by atomic mass is 10.00. The second-order valence-electron chi connectivity index (χ2n) is 5.85. The Balaban J connectivity index is 2.24. The first-order valence-corrected chi connectivity index (χ1v) is 7.61. The summed E-state index contributed by atoms with van der Waals surface area (Å²) in [5, 5.41) is 10.4. The van der Waals surface area contributed by atoms with Crippen LogP contribution in [0.4, 0.5) is 4.39 Å². The number of para-hydroxylation sites is 1. The first kappa shape index (κ1) is 14.4. The third kappa shape index (κ3) is 1.92. The van der Waals surface area contributed by atoms with Crippen molar-refractivity contribution in [3.63, 3.8) is 0 Å². The zero-order chi connectivity index (χ0) is 16.8. The third-order valence-electron chi connectivity index (χ3n) is 4.35. The first-order chi connectivity index (χ1) is 11.6. The van der Waals surface area contributed by atoms with Crippen molar-refractivity contribution >= 4 is 21.9 Å². The molecule has 4 heteroatoms. The van der Waals surface area contributed by atoms with Gasteiger partial charge in [0.15, 0.2) is 17.4 Å². The quantitative estimate of drug-likeness (QED) is 0.488. The van der Waals surface area contributed by atoms with Gasteiger partial charge in [-0.3, -0.25) is 0 Å². The Bertz CT molecular complexity index is 1150. The smallest absolute Gasteiger partial charge is 0.216 e. The Labute approximate surface area is 138 Å². The number of rotatable bonds is 1. The van der Waals surface area contributed by atoms with Crippen LogP contribution in [0.15, 0.2) is 53.1 Å². The number of nitrogens with zero attached hydrogens (tertiary/aromatic N) is 2. The molecule has 3 nitrogen and oxygen atoms in total. The molecule has 4 aromatic rings. The Morgan fingerprint density at radius 1 is 1.12 bits per heavy atom. The van der Waals surface area contributed by atoms with Gasteiger partial charge in [-0.15, -0.1) is 0 Å². The molecular weight excluding hydrogens is 303 g/mol. The fraction of sp³-hybridized carbons (Fsp3) is 0.100. The average Bonchev–Trinajstić information content (AvgIpc) is 2.96. The standard InChI is InChI=1S/C20H14FN2O/c1-12-10-15(21)18-14-7-5-6-13(11-22)19(14)24-20(18)17(12)16-8-3-4-9-23(16)2/h3-10H,1-2H3/q+1. The number of nitriles is 1. The molecule has 0 N–H and O–H groups in total. The average molecular weight is 317 g/mol. The van der Waals surface area contributed by atoms with Gasteiger partial charge >= 0.3 is 0 Å². The number of pyridine rings is 1. The molecule has 0 saturated carbocycles. The molecule has 0 radical (unpaired) electrons. The van der Waals surface area contributed by atoms with Crippen molar-refractivity contribution in [3.8, 4) is 17.3 Å². The molecule has 2 aromatic heterocycles. The van der Waals surface area contributed by atoms with Crippen molar-refractivity contribution in [2.45, 2.75) is 6.92 Å². The Morgan fingerprint density at radius 2 is 1.96 bits per heavy atom. The molecule has 0 saturated heterocycles. The highest BCUT2D eigenvalue weighted by Crippen LogP contribution is 2.39. The zero-order valence-electron chi connectivity index (χ0n) is 13.3. The van der Waals surface area contributed by atoms with E-state index in [-0.39, 0.29) is 5.82 Å². The lowest BCUT2D eigenvalue weighted by Crippen LogP contribution is -2.30. The molecule has 24 heavy (non-hydrogen) atoms. The van der Waals surface area contributed by atoms with Gasteiger partial charge in [0.05, 0.1) is 16.5 Å². The van der Waals surface area contributed by atoms with E-state index in [0.717, 1.165) is 16.8 Å². The van der Waals surface area contributed by atoms with Crippen LogP contribution in [-0.4, -0.2) is 0 Å². The van der Waals surface area contributed by atoms with Crippen LogP contribution in [0.2, 0.25) is 0 Å². The van der Waals surface area contributed by atoms with E-state index in [4.69, 9.17) is 4.42 Å². The minimum atomic E-state index is -0.335. The molecule has 0 unspecified atom stereocenters. The van der Waals surface area contributed by atoms with E-state index in [2.05, 4.69) is 6.07 Å². The summed E-state index contributed by atoms with van der Waals surface area (Å²) in [6, 6.07) is 14.7. The summed E-state index contributed by atoms with van der Waals surface area (Å²) >= 11 is 0. The van der Waals surface area contributed by atoms with Gasteiger partial charge in [0.25, 0.3) is 0 Å². The molecular formula is C20H14FN2O+. The van der Waals surface area contributed by atoms with Gasteiger partial charge in [0.1, 0.15) is 18.9 Å². The molecule has 0 aliphatic carbocycles. The van der Waals surface area contributed by atoms with Crippen LogP contribution < -0.4 is 4.57 Å². The van der Waals surface area contributed by atoms with Crippen molar-refractivity contribution in [2.75, 3.05) is 0 Å². The van der Waals surface area contributed by atoms with Gasteiger partial charge in [-0.25, -0.2) is 8.96 Å². The molecule has 0 bridgehead atoms. The van der Waals surface area contributed by atoms with Gasteiger partial charge in [0.2, 0.25) is 5.69 Å². The van der Waals surface area contributed by atoms with E-state index >= 15 is 0 Å². The second kappa shape index (κ2) is 5.17. The molecule has 116 valence electrons. The predicted octanol–water partition coefficient (Wildman–Crippen LogP) is 4.40. The highest BCUT2D eigenvalue weighted by molar-refractivity contribution is 6.11. The van der Waals surface area contributed by atoms with Crippen molar-refractivity contribution in [2.24, 2.45) is 7.05 Å². The zero-order valence-corrected chi connectivity index (χ0v) is 13.3. The van der Waals surface area contributed by atoms with Gasteiger partial charge in [-0.1, -0.05) is 12.1 Å². The lowest BCUT2D eigenvalue weighted by Gasteiger charge is -2.06. The largest absolute Gasteiger partial charge is 0.454 e. The van der Waals surface area contributed by atoms with Gasteiger partial charge in [-0.05, 0) is 30.7 Å². The monoisotopic (exact) mass is 317 g/mol. The number of hydrogen-bond donors (Lipinski definition) is 0. The summed E-state index contributed by atoms with van der Waals surface area (Å²) < 4.78 is 22.7. The summed E-state index contributed by atoms with van der Waals surface area (Å²) in [5.74, 6) is -0.335. The molecule has 2 aromatic carbocycles. The highest BCUT2D eigenvalue weighted by atomic mass is 19.1. The molecule has 0 aliphatic rings. The van der Waals surface area contributed by atoms with Gasteiger partial charge < -0.3 is 4.42 Å². The number of fused-ring (bicyclic) bond motifs is 3. The minimum absolute atomic E-state index is 0.335. The molecule has 0 spiro atoms. The fourth-order valence-electron chi connectivity index (χ4n) is 3.24. The highest BCUT2D eigenvalue weighted by Gasteiger charge is 2.23. The van der Waals surface area contributed by atoms with Crippen LogP contribution in [0.25, 0.3) is 33.2 Å². The minimum Gasteiger partial charge on any atom is -0.454 e. The van der Waals surface area contributed by atoms with Crippen LogP contribution in [0.5, 0.6) is 0 Å². The Morgan fingerprint density at radius 3 is 2.71 bits per heavy atom. The fourth-order valence-corrected chi connectivity index (χ4v) is 3.24. The number of benzene rings is 2. The maximum Gasteiger partial charge on any atom is 0.216 e. The predicted molar refractivity (Wildman–Crippen MR) is 89.7 cm³/mol. The van der Waals surface area contributed by atoms with Crippen molar-refractivity contribution in [1.82, 2.24) is 0 Å². The number of furan rings is 1. The summed E-state index contributed by atoms with van der Waals surface area (Å²) in [6.45, 7) is 1.86. The summed E-state index contributed by atoms with van der Waals surface area (Å²) in [7, 11) is 1.94. The van der Waals surface area contributed by atoms with Crippen molar-refractivity contribution in [3.05, 3.63) is 65.6 Å². The van der Waals surface area contributed by atoms with Crippen LogP contribution in [0.3, 0.4) is 0 Å². The first-order valence-electron chi connectivity index (χ1n) is 7.61. The molecule has 0 atom stereocenters. The summed E-state index contributed by atoms with van der Waals surface area (Å²) in [4.78, 5) is 0. The van der Waals surface area contributed by atoms with Crippen LogP contribution in [0, 0.1) is 24.1 Å². The molecule has 4 rings (SSSR count). The molecule has 0 aliphatic heterocycles. The summed E-state index contributed by atoms with van der Waals surface area (Å²) in [5.41, 5.74) is 3.88. The van der Waals surface area contributed by atoms with Crippen LogP contribution >= 0.6 is 0 Å². The normalized spacial score (nSPS) is 11.1. The molecule has 0 amide bonds. The SMILES string of the molecule is Cc1cc(F)c2c(oc3c(C#N)cccc32)c1-c1cccc[n+]1C. The number of aryl methyl sites for hydroxylation is 2. The van der Waals surface area contributed by atoms with E-state index in [1.54, 1.807) is 18.2 Å². The van der Waals surface area contributed by atoms with Crippen molar-refractivity contribution < 1.29 is 13.4 Å². The van der Waals surface area contributed by atoms with Gasteiger partial charge in [-0.2, -0.15) is 5.26 Å². The molecule has 0 fully saturated rings. The van der Waals surface area contributed by atoms with Crippen LogP contribution in [0.1, 0.15) is 11.1 Å². The van der Waals surface area contributed by atoms with E-state index in [1.165, 1.54) is 6.07 Å². The lowest BCUT2D eigenvalue weighted by molar-refractivity contribution is -0.660. The number of aromatic nitrogens is 1. The van der Waals surface area contributed by atoms with E-state index in [9.17, 15) is 9.65 Å². The van der Waals surface area contributed by atoms with Crippen molar-refractivity contribution in [1.29, 1.82) is 5.26 Å². The Kier molecular flexibility index (Phi) is 3.10. The Hall–Kier alpha value is -3.19. The maximum atomic E-state index is 14.7. The van der Waals surface area contributed by atoms with Crippen LogP contribution in [-0.2, 0) is 7.05 Å².